The zero-order valence-corrected chi connectivity index (χ0v) is 15.2. The molecule has 0 spiro atoms. The van der Waals surface area contributed by atoms with Crippen molar-refractivity contribution in [3.05, 3.63) is 18.2 Å². The number of carbonyl (C=O) groups is 3. The van der Waals surface area contributed by atoms with E-state index in [0.717, 1.165) is 0 Å². The van der Waals surface area contributed by atoms with Gasteiger partial charge in [0.25, 0.3) is 0 Å². The van der Waals surface area contributed by atoms with Gasteiger partial charge in [0, 0.05) is 24.9 Å². The molecule has 0 saturated carbocycles. The van der Waals surface area contributed by atoms with Crippen molar-refractivity contribution < 1.29 is 24.6 Å². The number of aliphatic carboxylic acids is 1. The fourth-order valence-corrected chi connectivity index (χ4v) is 2.23. The van der Waals surface area contributed by atoms with Gasteiger partial charge in [-0.3, -0.25) is 14.6 Å². The van der Waals surface area contributed by atoms with Gasteiger partial charge in [0.2, 0.25) is 11.8 Å². The number of rotatable bonds is 12. The Hall–Kier alpha value is -3.19. The molecule has 11 N–H and O–H groups in total. The molecule has 1 rings (SSSR count). The van der Waals surface area contributed by atoms with Crippen molar-refractivity contribution in [2.45, 2.75) is 37.4 Å². The molecule has 28 heavy (non-hydrogen) atoms. The number of hydrogen-bond donors (Lipinski definition) is 8. The summed E-state index contributed by atoms with van der Waals surface area (Å²) in [6, 6.07) is -3.53. The molecule has 3 atom stereocenters. The van der Waals surface area contributed by atoms with Crippen molar-refractivity contribution in [2.24, 2.45) is 22.2 Å². The second-order valence-electron chi connectivity index (χ2n) is 5.98. The monoisotopic (exact) mass is 398 g/mol. The van der Waals surface area contributed by atoms with Gasteiger partial charge in [0.1, 0.15) is 12.1 Å². The number of aliphatic hydroxyl groups excluding tert-OH is 1. The first kappa shape index (κ1) is 22.9. The van der Waals surface area contributed by atoms with Crippen LogP contribution >= 0.6 is 0 Å². The lowest BCUT2D eigenvalue weighted by Crippen LogP contribution is -2.55. The summed E-state index contributed by atoms with van der Waals surface area (Å²) in [7, 11) is 0. The van der Waals surface area contributed by atoms with E-state index in [9.17, 15) is 14.4 Å². The van der Waals surface area contributed by atoms with Gasteiger partial charge in [-0.05, 0) is 12.8 Å². The van der Waals surface area contributed by atoms with Crippen LogP contribution in [0.15, 0.2) is 17.5 Å². The van der Waals surface area contributed by atoms with Crippen LogP contribution in [0.2, 0.25) is 0 Å². The number of amides is 2. The highest BCUT2D eigenvalue weighted by Crippen LogP contribution is 2.02. The predicted octanol–water partition coefficient (Wildman–Crippen LogP) is -3.62. The van der Waals surface area contributed by atoms with Gasteiger partial charge in [0.15, 0.2) is 5.96 Å². The van der Waals surface area contributed by atoms with Crippen LogP contribution in [-0.2, 0) is 20.8 Å². The second kappa shape index (κ2) is 11.5. The number of aliphatic hydroxyl groups is 1. The van der Waals surface area contributed by atoms with E-state index in [1.165, 1.54) is 12.5 Å². The number of aliphatic imine (C=N–C) groups is 1. The van der Waals surface area contributed by atoms with E-state index in [0.29, 0.717) is 12.1 Å². The number of carboxylic acids is 1. The molecule has 1 aromatic rings. The highest BCUT2D eigenvalue weighted by molar-refractivity contribution is 5.91. The number of carboxylic acid groups (broad SMARTS) is 1. The summed E-state index contributed by atoms with van der Waals surface area (Å²) in [5, 5.41) is 22.7. The van der Waals surface area contributed by atoms with Crippen LogP contribution in [-0.4, -0.2) is 75.2 Å². The molecule has 13 heteroatoms. The van der Waals surface area contributed by atoms with Crippen LogP contribution < -0.4 is 27.8 Å². The summed E-state index contributed by atoms with van der Waals surface area (Å²) in [6.07, 6.45) is 3.60. The number of aromatic amines is 1. The van der Waals surface area contributed by atoms with Gasteiger partial charge in [0.05, 0.1) is 19.0 Å². The summed E-state index contributed by atoms with van der Waals surface area (Å²) in [5.41, 5.74) is 17.0. The van der Waals surface area contributed by atoms with E-state index >= 15 is 0 Å². The molecule has 1 heterocycles. The maximum absolute atomic E-state index is 12.4. The summed E-state index contributed by atoms with van der Waals surface area (Å²) in [5.74, 6) is -2.89. The molecule has 0 aliphatic heterocycles. The van der Waals surface area contributed by atoms with E-state index in [1.807, 2.05) is 0 Å². The molecule has 156 valence electrons. The topological polar surface area (TPSA) is 235 Å². The third kappa shape index (κ3) is 8.01. The number of aromatic nitrogens is 2. The van der Waals surface area contributed by atoms with Crippen LogP contribution in [0.1, 0.15) is 18.5 Å². The number of hydrogen-bond acceptors (Lipinski definition) is 7. The summed E-state index contributed by atoms with van der Waals surface area (Å²) in [4.78, 5) is 46.1. The number of imidazole rings is 1. The van der Waals surface area contributed by atoms with E-state index < -0.39 is 42.5 Å². The van der Waals surface area contributed by atoms with E-state index in [4.69, 9.17) is 27.4 Å². The van der Waals surface area contributed by atoms with Crippen molar-refractivity contribution >= 4 is 23.7 Å². The van der Waals surface area contributed by atoms with Gasteiger partial charge in [-0.25, -0.2) is 9.78 Å². The van der Waals surface area contributed by atoms with Crippen molar-refractivity contribution in [3.8, 4) is 0 Å². The van der Waals surface area contributed by atoms with Crippen LogP contribution in [0.5, 0.6) is 0 Å². The summed E-state index contributed by atoms with van der Waals surface area (Å²) in [6.45, 7) is -0.584. The van der Waals surface area contributed by atoms with E-state index in [1.54, 1.807) is 0 Å². The Bertz CT molecular complexity index is 674. The molecule has 3 unspecified atom stereocenters. The molecule has 1 aromatic heterocycles. The molecule has 0 aliphatic rings. The quantitative estimate of drug-likeness (QED) is 0.0983. The number of nitrogens with zero attached hydrogens (tertiary/aromatic N) is 2. The Morgan fingerprint density at radius 1 is 1.21 bits per heavy atom. The molecule has 0 fully saturated rings. The molecule has 0 aliphatic carbocycles. The van der Waals surface area contributed by atoms with Crippen molar-refractivity contribution in [1.29, 1.82) is 0 Å². The third-order valence-corrected chi connectivity index (χ3v) is 3.71. The molecular weight excluding hydrogens is 372 g/mol. The fourth-order valence-electron chi connectivity index (χ4n) is 2.23. The number of carbonyl (C=O) groups excluding carboxylic acids is 2. The molecular formula is C15H26N8O5. The van der Waals surface area contributed by atoms with E-state index in [2.05, 4.69) is 25.6 Å². The predicted molar refractivity (Wildman–Crippen MR) is 98.8 cm³/mol. The minimum Gasteiger partial charge on any atom is -0.480 e. The lowest BCUT2D eigenvalue weighted by atomic mass is 10.1. The molecule has 2 amide bonds. The summed E-state index contributed by atoms with van der Waals surface area (Å²) < 4.78 is 0. The minimum atomic E-state index is -1.50. The molecule has 0 bridgehead atoms. The van der Waals surface area contributed by atoms with Crippen molar-refractivity contribution in [2.75, 3.05) is 13.2 Å². The zero-order chi connectivity index (χ0) is 21.1. The Kier molecular flexibility index (Phi) is 9.39. The van der Waals surface area contributed by atoms with Crippen molar-refractivity contribution in [3.63, 3.8) is 0 Å². The largest absolute Gasteiger partial charge is 0.480 e. The first-order valence-corrected chi connectivity index (χ1v) is 8.47. The molecule has 0 radical (unpaired) electrons. The zero-order valence-electron chi connectivity index (χ0n) is 15.2. The summed E-state index contributed by atoms with van der Waals surface area (Å²) >= 11 is 0. The Labute approximate surface area is 160 Å². The Balaban J connectivity index is 2.74. The first-order chi connectivity index (χ1) is 13.2. The normalized spacial score (nSPS) is 13.8. The number of guanidine groups is 1. The minimum absolute atomic E-state index is 0.113. The second-order valence-corrected chi connectivity index (χ2v) is 5.98. The van der Waals surface area contributed by atoms with Crippen LogP contribution in [0.25, 0.3) is 0 Å². The Morgan fingerprint density at radius 3 is 2.43 bits per heavy atom. The highest BCUT2D eigenvalue weighted by atomic mass is 16.4. The number of nitrogens with one attached hydrogen (secondary N) is 3. The lowest BCUT2D eigenvalue weighted by molar-refractivity contribution is -0.143. The average Bonchev–Trinajstić information content (AvgIpc) is 3.14. The maximum atomic E-state index is 12.4. The van der Waals surface area contributed by atoms with Crippen molar-refractivity contribution in [1.82, 2.24) is 20.6 Å². The van der Waals surface area contributed by atoms with Crippen LogP contribution in [0, 0.1) is 0 Å². The van der Waals surface area contributed by atoms with Gasteiger partial charge in [-0.15, -0.1) is 0 Å². The third-order valence-electron chi connectivity index (χ3n) is 3.71. The average molecular weight is 398 g/mol. The molecule has 13 nitrogen and oxygen atoms in total. The first-order valence-electron chi connectivity index (χ1n) is 8.47. The fraction of sp³-hybridized carbons (Fsp3) is 0.533. The van der Waals surface area contributed by atoms with E-state index in [-0.39, 0.29) is 25.3 Å². The molecule has 0 aromatic carbocycles. The SMILES string of the molecule is NC(N)=NCCCC(NC(=O)C(N)Cc1cnc[nH]1)C(=O)NC(CO)C(=O)O. The smallest absolute Gasteiger partial charge is 0.328 e. The number of H-pyrrole nitrogens is 1. The van der Waals surface area contributed by atoms with Gasteiger partial charge < -0.3 is 43.0 Å². The number of nitrogens with two attached hydrogens (primary N) is 3. The van der Waals surface area contributed by atoms with Gasteiger partial charge >= 0.3 is 5.97 Å². The lowest BCUT2D eigenvalue weighted by Gasteiger charge is -2.22. The Morgan fingerprint density at radius 2 is 1.89 bits per heavy atom. The van der Waals surface area contributed by atoms with Gasteiger partial charge in [-0.2, -0.15) is 0 Å². The van der Waals surface area contributed by atoms with Gasteiger partial charge in [-0.1, -0.05) is 0 Å². The van der Waals surface area contributed by atoms with Crippen LogP contribution in [0.3, 0.4) is 0 Å². The maximum Gasteiger partial charge on any atom is 0.328 e. The molecule has 0 saturated heterocycles. The standard InChI is InChI=1S/C15H26N8O5/c16-9(4-8-5-19-7-21-8)12(25)22-10(2-1-3-20-15(17)18)13(26)23-11(6-24)14(27)28/h5,7,9-11,24H,1-4,6,16H2,(H,19,21)(H,22,25)(H,23,26)(H,27,28)(H4,17,18,20). The van der Waals surface area contributed by atoms with Crippen LogP contribution in [0.4, 0.5) is 0 Å². The highest BCUT2D eigenvalue weighted by Gasteiger charge is 2.27.